The predicted octanol–water partition coefficient (Wildman–Crippen LogP) is 7.62. The summed E-state index contributed by atoms with van der Waals surface area (Å²) in [6, 6.07) is 3.00. The first kappa shape index (κ1) is 23.3. The van der Waals surface area contributed by atoms with Gasteiger partial charge >= 0.3 is 0 Å². The standard InChI is InChI=1S/C16H9Cl6NO2S2/c1-26-7-3-5(17)11(19)13(21)9(7)15(24)23-16(25)10-8(27-2)4-6(18)12(20)14(10)22/h3-4H,1-2H3,(H,23,24,25). The zero-order chi connectivity index (χ0) is 20.5. The van der Waals surface area contributed by atoms with Crippen LogP contribution in [0.5, 0.6) is 0 Å². The number of hydrogen-bond acceptors (Lipinski definition) is 4. The van der Waals surface area contributed by atoms with E-state index in [0.717, 1.165) is 0 Å². The second-order valence-electron chi connectivity index (χ2n) is 4.91. The Hall–Kier alpha value is 0.0200. The van der Waals surface area contributed by atoms with E-state index in [4.69, 9.17) is 69.6 Å². The van der Waals surface area contributed by atoms with Gasteiger partial charge in [0.25, 0.3) is 11.8 Å². The molecule has 0 radical (unpaired) electrons. The molecule has 3 nitrogen and oxygen atoms in total. The van der Waals surface area contributed by atoms with Crippen LogP contribution in [0.3, 0.4) is 0 Å². The molecule has 0 atom stereocenters. The molecular weight excluding hydrogens is 515 g/mol. The number of carbonyl (C=O) groups is 2. The molecule has 144 valence electrons. The minimum atomic E-state index is -0.748. The van der Waals surface area contributed by atoms with Crippen LogP contribution in [0.1, 0.15) is 20.7 Å². The van der Waals surface area contributed by atoms with Gasteiger partial charge in [-0.3, -0.25) is 14.9 Å². The number of carbonyl (C=O) groups excluding carboxylic acids is 2. The third-order valence-electron chi connectivity index (χ3n) is 3.37. The van der Waals surface area contributed by atoms with Crippen LogP contribution in [0.4, 0.5) is 0 Å². The molecule has 0 aromatic heterocycles. The van der Waals surface area contributed by atoms with Gasteiger partial charge in [-0.2, -0.15) is 0 Å². The molecule has 0 spiro atoms. The topological polar surface area (TPSA) is 46.2 Å². The van der Waals surface area contributed by atoms with E-state index in [1.807, 2.05) is 0 Å². The lowest BCUT2D eigenvalue weighted by atomic mass is 10.1. The van der Waals surface area contributed by atoms with Gasteiger partial charge in [-0.05, 0) is 24.6 Å². The summed E-state index contributed by atoms with van der Waals surface area (Å²) in [5.41, 5.74) is 0.0719. The molecule has 2 amide bonds. The van der Waals surface area contributed by atoms with Crippen molar-refractivity contribution >= 4 is 105 Å². The molecule has 0 aliphatic rings. The van der Waals surface area contributed by atoms with Crippen LogP contribution in [0.25, 0.3) is 0 Å². The summed E-state index contributed by atoms with van der Waals surface area (Å²) in [5, 5.41) is 2.60. The monoisotopic (exact) mass is 521 g/mol. The first-order valence-corrected chi connectivity index (χ1v) is 11.6. The molecule has 2 aromatic rings. The molecule has 0 saturated heterocycles. The summed E-state index contributed by atoms with van der Waals surface area (Å²) < 4.78 is 0. The van der Waals surface area contributed by atoms with Gasteiger partial charge in [0.15, 0.2) is 0 Å². The number of rotatable bonds is 4. The Morgan fingerprint density at radius 2 is 1.04 bits per heavy atom. The van der Waals surface area contributed by atoms with Crippen molar-refractivity contribution in [3.05, 3.63) is 53.4 Å². The lowest BCUT2D eigenvalue weighted by Crippen LogP contribution is -2.31. The van der Waals surface area contributed by atoms with Crippen molar-refractivity contribution in [3.8, 4) is 0 Å². The van der Waals surface area contributed by atoms with Gasteiger partial charge in [0.2, 0.25) is 0 Å². The van der Waals surface area contributed by atoms with E-state index < -0.39 is 11.8 Å². The van der Waals surface area contributed by atoms with E-state index in [1.165, 1.54) is 35.7 Å². The quantitative estimate of drug-likeness (QED) is 0.254. The molecule has 0 bridgehead atoms. The summed E-state index contributed by atoms with van der Waals surface area (Å²) in [6.45, 7) is 0. The minimum Gasteiger partial charge on any atom is -0.288 e. The lowest BCUT2D eigenvalue weighted by Gasteiger charge is -2.14. The maximum absolute atomic E-state index is 12.7. The molecule has 0 aliphatic carbocycles. The molecule has 0 heterocycles. The van der Waals surface area contributed by atoms with Crippen molar-refractivity contribution in [2.24, 2.45) is 0 Å². The fraction of sp³-hybridized carbons (Fsp3) is 0.125. The van der Waals surface area contributed by atoms with Gasteiger partial charge in [-0.15, -0.1) is 23.5 Å². The molecule has 11 heteroatoms. The Labute approximate surface area is 194 Å². The summed E-state index contributed by atoms with van der Waals surface area (Å²) in [7, 11) is 0. The van der Waals surface area contributed by atoms with E-state index in [0.29, 0.717) is 9.79 Å². The highest BCUT2D eigenvalue weighted by Gasteiger charge is 2.26. The van der Waals surface area contributed by atoms with Crippen LogP contribution in [-0.4, -0.2) is 24.3 Å². The Morgan fingerprint density at radius 3 is 1.33 bits per heavy atom. The van der Waals surface area contributed by atoms with Crippen LogP contribution >= 0.6 is 93.1 Å². The average Bonchev–Trinajstić information content (AvgIpc) is 2.62. The van der Waals surface area contributed by atoms with Crippen LogP contribution in [0, 0.1) is 0 Å². The summed E-state index contributed by atoms with van der Waals surface area (Å²) in [5.74, 6) is -1.50. The van der Waals surface area contributed by atoms with Crippen molar-refractivity contribution in [2.45, 2.75) is 9.79 Å². The molecule has 0 fully saturated rings. The number of hydrogen-bond donors (Lipinski definition) is 1. The van der Waals surface area contributed by atoms with Crippen LogP contribution in [0.2, 0.25) is 30.1 Å². The average molecular weight is 524 g/mol. The number of thioether (sulfide) groups is 2. The lowest BCUT2D eigenvalue weighted by molar-refractivity contribution is 0.0846. The molecular formula is C16H9Cl6NO2S2. The van der Waals surface area contributed by atoms with E-state index in [9.17, 15) is 9.59 Å². The number of nitrogens with one attached hydrogen (secondary N) is 1. The van der Waals surface area contributed by atoms with Crippen molar-refractivity contribution in [1.82, 2.24) is 5.32 Å². The second kappa shape index (κ2) is 9.68. The fourth-order valence-electron chi connectivity index (χ4n) is 2.12. The number of imide groups is 1. The van der Waals surface area contributed by atoms with Gasteiger partial charge in [0.1, 0.15) is 0 Å². The van der Waals surface area contributed by atoms with Crippen molar-refractivity contribution in [2.75, 3.05) is 12.5 Å². The Kier molecular flexibility index (Phi) is 8.35. The number of amides is 2. The van der Waals surface area contributed by atoms with E-state index in [2.05, 4.69) is 5.32 Å². The first-order valence-electron chi connectivity index (χ1n) is 6.92. The highest BCUT2D eigenvalue weighted by Crippen LogP contribution is 2.40. The maximum atomic E-state index is 12.7. The molecule has 0 aliphatic heterocycles. The van der Waals surface area contributed by atoms with Crippen molar-refractivity contribution < 1.29 is 9.59 Å². The molecule has 2 rings (SSSR count). The molecule has 1 N–H and O–H groups in total. The highest BCUT2D eigenvalue weighted by atomic mass is 35.5. The minimum absolute atomic E-state index is 0.0195. The van der Waals surface area contributed by atoms with Crippen molar-refractivity contribution in [3.63, 3.8) is 0 Å². The van der Waals surface area contributed by atoms with Crippen LogP contribution < -0.4 is 5.32 Å². The highest BCUT2D eigenvalue weighted by molar-refractivity contribution is 7.99. The second-order valence-corrected chi connectivity index (χ2v) is 8.93. The molecule has 0 unspecified atom stereocenters. The third kappa shape index (κ3) is 4.78. The largest absolute Gasteiger partial charge is 0.288 e. The van der Waals surface area contributed by atoms with Gasteiger partial charge in [-0.1, -0.05) is 69.6 Å². The SMILES string of the molecule is CSc1cc(Cl)c(Cl)c(Cl)c1C(=O)NC(=O)c1c(SC)cc(Cl)c(Cl)c1Cl. The van der Waals surface area contributed by atoms with E-state index in [-0.39, 0.29) is 41.3 Å². The Morgan fingerprint density at radius 1 is 0.704 bits per heavy atom. The Bertz CT molecular complexity index is 876. The summed E-state index contributed by atoms with van der Waals surface area (Å²) in [4.78, 5) is 26.4. The number of halogens is 6. The van der Waals surface area contributed by atoms with E-state index in [1.54, 1.807) is 12.5 Å². The molecule has 27 heavy (non-hydrogen) atoms. The summed E-state index contributed by atoms with van der Waals surface area (Å²) in [6.07, 6.45) is 3.46. The van der Waals surface area contributed by atoms with Gasteiger partial charge < -0.3 is 0 Å². The van der Waals surface area contributed by atoms with Crippen molar-refractivity contribution in [1.29, 1.82) is 0 Å². The number of benzene rings is 2. The zero-order valence-electron chi connectivity index (χ0n) is 13.6. The van der Waals surface area contributed by atoms with Gasteiger partial charge in [0.05, 0.1) is 41.3 Å². The summed E-state index contributed by atoms with van der Waals surface area (Å²) >= 11 is 38.8. The maximum Gasteiger partial charge on any atom is 0.260 e. The smallest absolute Gasteiger partial charge is 0.260 e. The molecule has 0 saturated carbocycles. The molecule has 2 aromatic carbocycles. The first-order chi connectivity index (χ1) is 12.6. The van der Waals surface area contributed by atoms with Crippen LogP contribution in [0.15, 0.2) is 21.9 Å². The van der Waals surface area contributed by atoms with Gasteiger partial charge in [0, 0.05) is 9.79 Å². The normalized spacial score (nSPS) is 10.8. The zero-order valence-corrected chi connectivity index (χ0v) is 19.7. The van der Waals surface area contributed by atoms with Gasteiger partial charge in [-0.25, -0.2) is 0 Å². The Balaban J connectivity index is 2.48. The third-order valence-corrected chi connectivity index (χ3v) is 7.42. The van der Waals surface area contributed by atoms with Crippen LogP contribution in [-0.2, 0) is 0 Å². The predicted molar refractivity (Wildman–Crippen MR) is 118 cm³/mol. The van der Waals surface area contributed by atoms with E-state index >= 15 is 0 Å². The fourth-order valence-corrected chi connectivity index (χ4v) is 5.01.